The number of carbonyl (C=O) groups is 4. The van der Waals surface area contributed by atoms with Crippen LogP contribution in [0.1, 0.15) is 12.2 Å². The Labute approximate surface area is 176 Å². The summed E-state index contributed by atoms with van der Waals surface area (Å²) in [6, 6.07) is -0.897. The van der Waals surface area contributed by atoms with Gasteiger partial charge >= 0.3 is 11.9 Å². The number of aliphatic carboxylic acids is 1. The second-order valence-electron chi connectivity index (χ2n) is 6.30. The number of hydrogen-bond donors (Lipinski definition) is 3. The number of aromatic nitrogens is 2. The van der Waals surface area contributed by atoms with Gasteiger partial charge in [0.1, 0.15) is 11.4 Å². The summed E-state index contributed by atoms with van der Waals surface area (Å²) in [7, 11) is 0. The average molecular weight is 454 g/mol. The number of esters is 1. The quantitative estimate of drug-likeness (QED) is 0.197. The van der Waals surface area contributed by atoms with Crippen LogP contribution >= 0.6 is 23.3 Å². The largest absolute Gasteiger partial charge is 0.478 e. The lowest BCUT2D eigenvalue weighted by atomic mass is 10.1. The molecule has 2 amide bonds. The smallest absolute Gasteiger partial charge is 0.350 e. The van der Waals surface area contributed by atoms with E-state index < -0.39 is 41.3 Å². The highest BCUT2D eigenvalue weighted by atomic mass is 32.2. The Morgan fingerprint density at radius 3 is 2.87 bits per heavy atom. The lowest BCUT2D eigenvalue weighted by Crippen LogP contribution is -2.69. The minimum atomic E-state index is -1.11. The van der Waals surface area contributed by atoms with Crippen LogP contribution in [0.3, 0.4) is 0 Å². The van der Waals surface area contributed by atoms with Crippen molar-refractivity contribution in [2.75, 3.05) is 18.1 Å². The van der Waals surface area contributed by atoms with Crippen LogP contribution in [0.15, 0.2) is 16.9 Å². The number of hydrogen-bond acceptors (Lipinski definition) is 12. The molecule has 0 aromatic carbocycles. The maximum atomic E-state index is 12.8. The molecule has 3 aliphatic heterocycles. The van der Waals surface area contributed by atoms with E-state index >= 15 is 0 Å². The van der Waals surface area contributed by atoms with Gasteiger partial charge in [0.2, 0.25) is 17.6 Å². The number of nitrogens with two attached hydrogens (primary N) is 1. The molecular weight excluding hydrogens is 440 g/mol. The molecule has 1 aromatic rings. The van der Waals surface area contributed by atoms with E-state index in [1.54, 1.807) is 0 Å². The first-order chi connectivity index (χ1) is 14.3. The number of nitrogens with zero attached hydrogens (tertiary/aromatic N) is 4. The third kappa shape index (κ3) is 3.68. The van der Waals surface area contributed by atoms with Gasteiger partial charge < -0.3 is 30.6 Å². The summed E-state index contributed by atoms with van der Waals surface area (Å²) < 4.78 is 8.70. The summed E-state index contributed by atoms with van der Waals surface area (Å²) in [5, 5.41) is 14.9. The molecule has 3 aliphatic rings. The highest BCUT2D eigenvalue weighted by molar-refractivity contribution is 8.00. The van der Waals surface area contributed by atoms with Crippen molar-refractivity contribution in [2.24, 2.45) is 5.16 Å². The molecule has 4 heterocycles. The molecule has 0 bridgehead atoms. The Hall–Kier alpha value is -3.20. The molecule has 15 heteroatoms. The van der Waals surface area contributed by atoms with Crippen LogP contribution in [-0.2, 0) is 28.8 Å². The zero-order chi connectivity index (χ0) is 21.4. The van der Waals surface area contributed by atoms with Gasteiger partial charge in [-0.1, -0.05) is 5.16 Å². The summed E-state index contributed by atoms with van der Waals surface area (Å²) in [5.41, 5.74) is 5.31. The Morgan fingerprint density at radius 1 is 1.43 bits per heavy atom. The third-order valence-electron chi connectivity index (χ3n) is 4.37. The van der Waals surface area contributed by atoms with Gasteiger partial charge in [-0.15, -0.1) is 11.8 Å². The van der Waals surface area contributed by atoms with Crippen molar-refractivity contribution in [3.05, 3.63) is 17.6 Å². The fourth-order valence-corrected chi connectivity index (χ4v) is 4.53. The fourth-order valence-electron chi connectivity index (χ4n) is 2.84. The summed E-state index contributed by atoms with van der Waals surface area (Å²) >= 11 is 2.04. The molecule has 3 atom stereocenters. The van der Waals surface area contributed by atoms with E-state index in [0.717, 1.165) is 11.5 Å². The lowest BCUT2D eigenvalue weighted by Gasteiger charge is -2.46. The molecule has 0 saturated carbocycles. The van der Waals surface area contributed by atoms with Crippen LogP contribution in [0, 0.1) is 0 Å². The zero-order valence-corrected chi connectivity index (χ0v) is 16.6. The third-order valence-corrected chi connectivity index (χ3v) is 6.23. The van der Waals surface area contributed by atoms with Crippen molar-refractivity contribution >= 4 is 57.9 Å². The van der Waals surface area contributed by atoms with Crippen LogP contribution in [0.25, 0.3) is 0 Å². The summed E-state index contributed by atoms with van der Waals surface area (Å²) in [4.78, 5) is 58.0. The summed E-state index contributed by atoms with van der Waals surface area (Å²) in [6.07, 6.45) is 0.579. The zero-order valence-electron chi connectivity index (χ0n) is 15.0. The van der Waals surface area contributed by atoms with Gasteiger partial charge in [0.15, 0.2) is 5.13 Å². The van der Waals surface area contributed by atoms with Crippen LogP contribution in [0.2, 0.25) is 0 Å². The molecule has 0 spiro atoms. The first-order valence-corrected chi connectivity index (χ1v) is 10.4. The van der Waals surface area contributed by atoms with Crippen LogP contribution < -0.4 is 11.1 Å². The van der Waals surface area contributed by atoms with Crippen molar-refractivity contribution in [1.82, 2.24) is 19.6 Å². The van der Waals surface area contributed by atoms with Gasteiger partial charge in [-0.2, -0.15) is 9.36 Å². The van der Waals surface area contributed by atoms with E-state index in [9.17, 15) is 19.2 Å². The number of oxime groups is 1. The molecule has 0 aliphatic carbocycles. The summed E-state index contributed by atoms with van der Waals surface area (Å²) in [6.45, 7) is 0.180. The lowest BCUT2D eigenvalue weighted by molar-refractivity contribution is -0.147. The van der Waals surface area contributed by atoms with Crippen LogP contribution in [0.4, 0.5) is 5.13 Å². The molecule has 4 N–H and O–H groups in total. The van der Waals surface area contributed by atoms with E-state index in [0.29, 0.717) is 0 Å². The van der Waals surface area contributed by atoms with Crippen LogP contribution in [-0.4, -0.2) is 78.7 Å². The number of carboxylic acids is 1. The minimum absolute atomic E-state index is 0.0887. The number of cyclic esters (lactones) is 1. The molecule has 1 aromatic heterocycles. The molecule has 158 valence electrons. The van der Waals surface area contributed by atoms with E-state index in [-0.39, 0.29) is 41.0 Å². The topological polar surface area (TPSA) is 186 Å². The van der Waals surface area contributed by atoms with Crippen molar-refractivity contribution < 1.29 is 33.9 Å². The monoisotopic (exact) mass is 454 g/mol. The number of carbonyl (C=O) groups excluding carboxylic acids is 3. The minimum Gasteiger partial charge on any atom is -0.478 e. The number of β-lactam (4-membered cyclic amide) rings is 1. The van der Waals surface area contributed by atoms with E-state index in [2.05, 4.69) is 19.8 Å². The number of carboxylic acid groups (broad SMARTS) is 1. The first-order valence-electron chi connectivity index (χ1n) is 8.54. The van der Waals surface area contributed by atoms with E-state index in [1.165, 1.54) is 22.9 Å². The number of thioether (sulfide) groups is 1. The van der Waals surface area contributed by atoms with Gasteiger partial charge in [0.05, 0.1) is 12.2 Å². The Balaban J connectivity index is 1.49. The first kappa shape index (κ1) is 20.1. The van der Waals surface area contributed by atoms with Crippen molar-refractivity contribution in [1.29, 1.82) is 0 Å². The van der Waals surface area contributed by atoms with Gasteiger partial charge in [0, 0.05) is 29.9 Å². The number of nitrogen functional groups attached to an aromatic ring is 1. The number of ether oxygens (including phenoxy) is 1. The second-order valence-corrected chi connectivity index (χ2v) is 8.19. The number of amides is 2. The van der Waals surface area contributed by atoms with Crippen molar-refractivity contribution in [3.63, 3.8) is 0 Å². The van der Waals surface area contributed by atoms with Gasteiger partial charge in [-0.3, -0.25) is 9.59 Å². The normalized spacial score (nSPS) is 25.7. The van der Waals surface area contributed by atoms with Gasteiger partial charge in [0.25, 0.3) is 11.8 Å². The number of fused-ring (bicyclic) bond motifs is 1. The molecule has 2 fully saturated rings. The molecule has 13 nitrogen and oxygen atoms in total. The van der Waals surface area contributed by atoms with Gasteiger partial charge in [-0.25, -0.2) is 9.59 Å². The number of rotatable bonds is 6. The molecule has 2 saturated heterocycles. The van der Waals surface area contributed by atoms with Crippen molar-refractivity contribution in [3.8, 4) is 0 Å². The Morgan fingerprint density at radius 2 is 2.23 bits per heavy atom. The fraction of sp³-hybridized carbons (Fsp3) is 0.400. The standard InChI is InChI=1S/C15H14N6O7S2/c16-15-18-9(20-30-15)7(19-28-6-1-2-27-14(6)26)10(22)17-8-11(23)21-3-5(13(24)25)4-29-12(8)21/h3,6,8,12H,1-2,4H2,(H,17,22)(H,24,25)(H2,16,18,20)/t6?,8?,12-/m1/s1. The maximum Gasteiger partial charge on any atom is 0.350 e. The molecule has 30 heavy (non-hydrogen) atoms. The molecule has 2 unspecified atom stereocenters. The number of nitrogens with one attached hydrogen (secondary N) is 1. The SMILES string of the molecule is Nc1nc(C(=NOC2CCOC2=O)C(=O)NC2C(=O)N3C=C(C(=O)O)CS[C@H]23)ns1. The number of anilines is 1. The van der Waals surface area contributed by atoms with Crippen LogP contribution in [0.5, 0.6) is 0 Å². The predicted octanol–water partition coefficient (Wildman–Crippen LogP) is -1.48. The predicted molar refractivity (Wildman–Crippen MR) is 102 cm³/mol. The Bertz CT molecular complexity index is 992. The van der Waals surface area contributed by atoms with Gasteiger partial charge in [-0.05, 0) is 0 Å². The maximum absolute atomic E-state index is 12.8. The van der Waals surface area contributed by atoms with E-state index in [4.69, 9.17) is 20.4 Å². The van der Waals surface area contributed by atoms with E-state index in [1.807, 2.05) is 0 Å². The highest BCUT2D eigenvalue weighted by Gasteiger charge is 2.50. The molecule has 0 radical (unpaired) electrons. The van der Waals surface area contributed by atoms with Crippen molar-refractivity contribution in [2.45, 2.75) is 23.9 Å². The molecule has 4 rings (SSSR count). The summed E-state index contributed by atoms with van der Waals surface area (Å²) in [5.74, 6) is -2.90. The second kappa shape index (κ2) is 7.91. The average Bonchev–Trinajstić information content (AvgIpc) is 3.33. The molecular formula is C15H14N6O7S2. The Kier molecular flexibility index (Phi) is 5.29. The highest BCUT2D eigenvalue weighted by Crippen LogP contribution is 2.36.